The fourth-order valence-corrected chi connectivity index (χ4v) is 12.9. The summed E-state index contributed by atoms with van der Waals surface area (Å²) in [5.74, 6) is -0.295. The van der Waals surface area contributed by atoms with Crippen LogP contribution < -0.4 is 0 Å². The Morgan fingerprint density at radius 2 is 1.58 bits per heavy atom. The molecule has 1 aliphatic heterocycles. The maximum absolute atomic E-state index is 10.5. The van der Waals surface area contributed by atoms with Crippen LogP contribution >= 0.6 is 0 Å². The third-order valence-electron chi connectivity index (χ3n) is 4.02. The summed E-state index contributed by atoms with van der Waals surface area (Å²) in [5.41, 5.74) is 0. The van der Waals surface area contributed by atoms with Gasteiger partial charge in [-0.1, -0.05) is 0 Å². The molecule has 0 aromatic rings. The minimum absolute atomic E-state index is 0.295. The molecule has 0 saturated carbocycles. The first-order valence-electron chi connectivity index (χ1n) is 8.64. The molecule has 0 radical (unpaired) electrons. The monoisotopic (exact) mass is 399 g/mol. The first-order valence-corrected chi connectivity index (χ1v) is 16.7. The van der Waals surface area contributed by atoms with Gasteiger partial charge in [0, 0.05) is 25.7 Å². The van der Waals surface area contributed by atoms with Crippen LogP contribution in [0.25, 0.3) is 0 Å². The van der Waals surface area contributed by atoms with Gasteiger partial charge in [-0.2, -0.15) is 0 Å². The molecule has 1 heterocycles. The number of ether oxygens (including phenoxy) is 1. The lowest BCUT2D eigenvalue weighted by Crippen LogP contribution is -2.43. The highest BCUT2D eigenvalue weighted by molar-refractivity contribution is 7.85. The summed E-state index contributed by atoms with van der Waals surface area (Å²) < 4.78 is 43.6. The van der Waals surface area contributed by atoms with Gasteiger partial charge in [0.2, 0.25) is 0 Å². The van der Waals surface area contributed by atoms with Crippen LogP contribution in [-0.2, 0) is 19.0 Å². The molecule has 146 valence electrons. The number of likely N-dealkylation sites (N-methyl/N-ethyl adjacent to an activating group) is 1. The zero-order valence-electron chi connectivity index (χ0n) is 16.6. The lowest BCUT2D eigenvalue weighted by atomic mass is 10.4. The predicted octanol–water partition coefficient (Wildman–Crippen LogP) is 2.46. The van der Waals surface area contributed by atoms with Crippen molar-refractivity contribution in [3.05, 3.63) is 0 Å². The van der Waals surface area contributed by atoms with Crippen molar-refractivity contribution in [3.8, 4) is 0 Å². The van der Waals surface area contributed by atoms with E-state index in [2.05, 4.69) is 26.7 Å². The number of methoxy groups -OCH3 is 1. The van der Waals surface area contributed by atoms with E-state index >= 15 is 0 Å². The summed E-state index contributed by atoms with van der Waals surface area (Å²) in [6, 6.07) is 0.392. The van der Waals surface area contributed by atoms with Crippen molar-refractivity contribution >= 4 is 26.8 Å². The number of quaternary nitrogens is 1. The quantitative estimate of drug-likeness (QED) is 0.356. The van der Waals surface area contributed by atoms with Crippen LogP contribution in [0.5, 0.6) is 0 Å². The number of nitrogens with zero attached hydrogens (tertiary/aromatic N) is 1. The van der Waals surface area contributed by atoms with E-state index in [4.69, 9.17) is 8.85 Å². The van der Waals surface area contributed by atoms with Crippen LogP contribution in [0.1, 0.15) is 12.8 Å². The molecule has 0 unspecified atom stereocenters. The van der Waals surface area contributed by atoms with Crippen LogP contribution in [-0.4, -0.2) is 80.2 Å². The van der Waals surface area contributed by atoms with Gasteiger partial charge in [-0.25, -0.2) is 8.42 Å². The van der Waals surface area contributed by atoms with E-state index in [9.17, 15) is 13.0 Å². The standard InChI is InChI=1S/C8H18NO.C7H20O4SSi2/c1-9(7-8-10-2)5-3-4-6-9;1-13(2,3)11-14(4,5)7-6-12(8,9)10/h3-8H2,1-2H3;6-7H2,1-5H3,(H,8,9,10)/q+1;/p-1. The van der Waals surface area contributed by atoms with Gasteiger partial charge in [-0.05, 0) is 38.8 Å². The van der Waals surface area contributed by atoms with Crippen molar-refractivity contribution in [2.45, 2.75) is 51.6 Å². The van der Waals surface area contributed by atoms with Gasteiger partial charge in [0.25, 0.3) is 0 Å². The van der Waals surface area contributed by atoms with Crippen molar-refractivity contribution < 1.29 is 26.3 Å². The fourth-order valence-electron chi connectivity index (χ4n) is 2.88. The number of hydrogen-bond donors (Lipinski definition) is 0. The minimum atomic E-state index is -4.09. The molecular formula is C15H37NO5SSi2. The van der Waals surface area contributed by atoms with E-state index in [0.717, 1.165) is 6.61 Å². The second kappa shape index (κ2) is 9.79. The van der Waals surface area contributed by atoms with E-state index in [1.807, 2.05) is 13.1 Å². The molecule has 0 aromatic heterocycles. The van der Waals surface area contributed by atoms with E-state index in [1.54, 1.807) is 7.11 Å². The Hall–Kier alpha value is 0.224. The molecule has 0 spiro atoms. The van der Waals surface area contributed by atoms with Gasteiger partial charge in [0.15, 0.2) is 16.6 Å². The summed E-state index contributed by atoms with van der Waals surface area (Å²) in [7, 11) is -3.58. The first-order chi connectivity index (χ1) is 10.7. The van der Waals surface area contributed by atoms with Crippen molar-refractivity contribution in [2.75, 3.05) is 46.2 Å². The summed E-state index contributed by atoms with van der Waals surface area (Å²) >= 11 is 0. The second-order valence-electron chi connectivity index (χ2n) is 8.48. The first kappa shape index (κ1) is 24.2. The average molecular weight is 400 g/mol. The molecule has 24 heavy (non-hydrogen) atoms. The summed E-state index contributed by atoms with van der Waals surface area (Å²) in [6.45, 7) is 14.9. The molecule has 0 aliphatic carbocycles. The predicted molar refractivity (Wildman–Crippen MR) is 103 cm³/mol. The Labute approximate surface area is 151 Å². The maximum Gasteiger partial charge on any atom is 0.174 e. The molecule has 0 N–H and O–H groups in total. The summed E-state index contributed by atoms with van der Waals surface area (Å²) in [5, 5.41) is 0. The zero-order valence-corrected chi connectivity index (χ0v) is 19.4. The Balaban J connectivity index is 0.000000463. The number of likely N-dealkylation sites (tertiary alicyclic amines) is 1. The van der Waals surface area contributed by atoms with Crippen molar-refractivity contribution in [1.29, 1.82) is 0 Å². The molecule has 9 heteroatoms. The van der Waals surface area contributed by atoms with Gasteiger partial charge in [0.05, 0.1) is 36.9 Å². The molecule has 0 atom stereocenters. The largest absolute Gasteiger partial charge is 0.748 e. The van der Waals surface area contributed by atoms with Crippen LogP contribution in [0.15, 0.2) is 0 Å². The minimum Gasteiger partial charge on any atom is -0.748 e. The smallest absolute Gasteiger partial charge is 0.174 e. The lowest BCUT2D eigenvalue weighted by molar-refractivity contribution is -0.897. The van der Waals surface area contributed by atoms with Crippen LogP contribution in [0, 0.1) is 0 Å². The van der Waals surface area contributed by atoms with Gasteiger partial charge in [-0.3, -0.25) is 0 Å². The molecule has 0 amide bonds. The number of rotatable bonds is 8. The van der Waals surface area contributed by atoms with E-state index in [1.165, 1.54) is 37.0 Å². The Morgan fingerprint density at radius 1 is 1.08 bits per heavy atom. The van der Waals surface area contributed by atoms with E-state index in [-0.39, 0.29) is 5.75 Å². The van der Waals surface area contributed by atoms with Crippen LogP contribution in [0.4, 0.5) is 0 Å². The maximum atomic E-state index is 10.5. The second-order valence-corrected chi connectivity index (χ2v) is 19.1. The van der Waals surface area contributed by atoms with E-state index in [0.29, 0.717) is 6.04 Å². The highest BCUT2D eigenvalue weighted by atomic mass is 32.2. The molecule has 1 aliphatic rings. The third kappa shape index (κ3) is 13.5. The Bertz CT molecular complexity index is 457. The van der Waals surface area contributed by atoms with Crippen LogP contribution in [0.3, 0.4) is 0 Å². The molecule has 1 rings (SSSR count). The summed E-state index contributed by atoms with van der Waals surface area (Å²) in [6.07, 6.45) is 2.81. The molecule has 1 saturated heterocycles. The summed E-state index contributed by atoms with van der Waals surface area (Å²) in [4.78, 5) is 0. The van der Waals surface area contributed by atoms with E-state index < -0.39 is 26.8 Å². The molecule has 1 fully saturated rings. The molecular weight excluding hydrogens is 362 g/mol. The van der Waals surface area contributed by atoms with Crippen molar-refractivity contribution in [2.24, 2.45) is 0 Å². The topological polar surface area (TPSA) is 75.7 Å². The van der Waals surface area contributed by atoms with Gasteiger partial charge in [-0.15, -0.1) is 0 Å². The molecule has 0 bridgehead atoms. The van der Waals surface area contributed by atoms with Crippen molar-refractivity contribution in [3.63, 3.8) is 0 Å². The molecule has 6 nitrogen and oxygen atoms in total. The van der Waals surface area contributed by atoms with Gasteiger partial charge < -0.3 is 17.9 Å². The highest BCUT2D eigenvalue weighted by Crippen LogP contribution is 2.18. The normalized spacial score (nSPS) is 18.2. The number of hydrogen-bond acceptors (Lipinski definition) is 5. The zero-order chi connectivity index (χ0) is 19.1. The highest BCUT2D eigenvalue weighted by Gasteiger charge is 2.29. The average Bonchev–Trinajstić information content (AvgIpc) is 2.79. The Morgan fingerprint density at radius 3 is 1.96 bits per heavy atom. The van der Waals surface area contributed by atoms with Crippen LogP contribution in [0.2, 0.25) is 38.8 Å². The fraction of sp³-hybridized carbons (Fsp3) is 1.00. The van der Waals surface area contributed by atoms with Gasteiger partial charge >= 0.3 is 0 Å². The SMILES string of the molecule is COCC[N+]1(C)CCCC1.C[Si](C)(C)O[Si](C)(C)CCS(=O)(=O)[O-]. The third-order valence-corrected chi connectivity index (χ3v) is 11.2. The van der Waals surface area contributed by atoms with Gasteiger partial charge in [0.1, 0.15) is 6.54 Å². The Kier molecular flexibility index (Phi) is 9.88. The van der Waals surface area contributed by atoms with Crippen molar-refractivity contribution in [1.82, 2.24) is 0 Å². The lowest BCUT2D eigenvalue weighted by Gasteiger charge is -2.31. The molecule has 0 aromatic carbocycles.